The van der Waals surface area contributed by atoms with E-state index in [9.17, 15) is 18.8 Å². The summed E-state index contributed by atoms with van der Waals surface area (Å²) in [5.74, 6) is -1.67. The molecule has 7 nitrogen and oxygen atoms in total. The standard InChI is InChI=1S/C10H18FN3O4/c1-6(8(16)14-13-7(15)5-11)12-9(17)18-10(2,3)4/h6H,5H2,1-4H3,(H,12,17)(H,13,15)(H,14,16). The third-order valence-corrected chi connectivity index (χ3v) is 1.57. The van der Waals surface area contributed by atoms with E-state index in [1.54, 1.807) is 20.8 Å². The molecule has 0 aliphatic carbocycles. The first kappa shape index (κ1) is 16.1. The molecule has 1 unspecified atom stereocenters. The number of halogens is 1. The largest absolute Gasteiger partial charge is 0.444 e. The summed E-state index contributed by atoms with van der Waals surface area (Å²) in [6, 6.07) is -0.931. The molecule has 0 aromatic carbocycles. The molecule has 0 heterocycles. The lowest BCUT2D eigenvalue weighted by molar-refractivity contribution is -0.130. The van der Waals surface area contributed by atoms with Gasteiger partial charge in [-0.15, -0.1) is 0 Å². The highest BCUT2D eigenvalue weighted by Gasteiger charge is 2.21. The molecule has 0 aliphatic rings. The zero-order valence-electron chi connectivity index (χ0n) is 10.8. The lowest BCUT2D eigenvalue weighted by Crippen LogP contribution is -2.52. The number of ether oxygens (including phenoxy) is 1. The van der Waals surface area contributed by atoms with Crippen molar-refractivity contribution in [2.24, 2.45) is 0 Å². The minimum Gasteiger partial charge on any atom is -0.444 e. The molecule has 0 rings (SSSR count). The number of carbonyl (C=O) groups excluding carboxylic acids is 3. The minimum atomic E-state index is -1.24. The van der Waals surface area contributed by atoms with E-state index in [-0.39, 0.29) is 0 Å². The zero-order chi connectivity index (χ0) is 14.3. The number of amides is 3. The normalized spacial score (nSPS) is 12.3. The molecular formula is C10H18FN3O4. The van der Waals surface area contributed by atoms with Gasteiger partial charge in [0.15, 0.2) is 6.67 Å². The molecule has 0 fully saturated rings. The Labute approximate surface area is 104 Å². The molecule has 0 saturated carbocycles. The van der Waals surface area contributed by atoms with Gasteiger partial charge in [-0.2, -0.15) is 0 Å². The topological polar surface area (TPSA) is 96.5 Å². The summed E-state index contributed by atoms with van der Waals surface area (Å²) < 4.78 is 16.7. The minimum absolute atomic E-state index is 0.678. The molecule has 3 amide bonds. The Morgan fingerprint density at radius 3 is 2.22 bits per heavy atom. The second kappa shape index (κ2) is 6.77. The number of hydrogen-bond donors (Lipinski definition) is 3. The maximum Gasteiger partial charge on any atom is 0.408 e. The van der Waals surface area contributed by atoms with E-state index in [0.29, 0.717) is 0 Å². The fourth-order valence-electron chi connectivity index (χ4n) is 0.823. The van der Waals surface area contributed by atoms with Gasteiger partial charge in [-0.3, -0.25) is 20.4 Å². The number of hydrazine groups is 1. The van der Waals surface area contributed by atoms with Crippen molar-refractivity contribution in [2.45, 2.75) is 39.3 Å². The Hall–Kier alpha value is -1.86. The third-order valence-electron chi connectivity index (χ3n) is 1.57. The Morgan fingerprint density at radius 2 is 1.78 bits per heavy atom. The van der Waals surface area contributed by atoms with E-state index >= 15 is 0 Å². The second-order valence-corrected chi connectivity index (χ2v) is 4.54. The van der Waals surface area contributed by atoms with Gasteiger partial charge in [-0.05, 0) is 27.7 Å². The van der Waals surface area contributed by atoms with Crippen LogP contribution in [0.2, 0.25) is 0 Å². The Balaban J connectivity index is 4.08. The van der Waals surface area contributed by atoms with Crippen LogP contribution in [0, 0.1) is 0 Å². The summed E-state index contributed by atoms with van der Waals surface area (Å²) in [4.78, 5) is 33.2. The molecule has 0 aliphatic heterocycles. The monoisotopic (exact) mass is 263 g/mol. The van der Waals surface area contributed by atoms with Crippen LogP contribution in [0.4, 0.5) is 9.18 Å². The first-order valence-electron chi connectivity index (χ1n) is 5.30. The molecule has 104 valence electrons. The molecule has 8 heteroatoms. The predicted molar refractivity (Wildman–Crippen MR) is 61.1 cm³/mol. The summed E-state index contributed by atoms with van der Waals surface area (Å²) in [7, 11) is 0. The van der Waals surface area contributed by atoms with Gasteiger partial charge >= 0.3 is 6.09 Å². The average molecular weight is 263 g/mol. The van der Waals surface area contributed by atoms with Gasteiger partial charge in [-0.1, -0.05) is 0 Å². The zero-order valence-corrected chi connectivity index (χ0v) is 10.8. The molecule has 0 aromatic rings. The fourth-order valence-corrected chi connectivity index (χ4v) is 0.823. The van der Waals surface area contributed by atoms with Gasteiger partial charge in [-0.25, -0.2) is 9.18 Å². The van der Waals surface area contributed by atoms with E-state index in [2.05, 4.69) is 5.32 Å². The van der Waals surface area contributed by atoms with Crippen LogP contribution >= 0.6 is 0 Å². The number of alkyl halides is 1. The van der Waals surface area contributed by atoms with Crippen LogP contribution in [0.3, 0.4) is 0 Å². The van der Waals surface area contributed by atoms with Crippen molar-refractivity contribution in [3.63, 3.8) is 0 Å². The van der Waals surface area contributed by atoms with Crippen molar-refractivity contribution in [3.8, 4) is 0 Å². The number of nitrogens with one attached hydrogen (secondary N) is 3. The first-order valence-corrected chi connectivity index (χ1v) is 5.30. The SMILES string of the molecule is CC(NC(=O)OC(C)(C)C)C(=O)NNC(=O)CF. The molecule has 0 bridgehead atoms. The molecule has 0 radical (unpaired) electrons. The van der Waals surface area contributed by atoms with Gasteiger partial charge < -0.3 is 10.1 Å². The van der Waals surface area contributed by atoms with Crippen LogP contribution in [0.1, 0.15) is 27.7 Å². The van der Waals surface area contributed by atoms with Gasteiger partial charge in [0.25, 0.3) is 11.8 Å². The Morgan fingerprint density at radius 1 is 1.22 bits per heavy atom. The van der Waals surface area contributed by atoms with Crippen molar-refractivity contribution in [2.75, 3.05) is 6.67 Å². The highest BCUT2D eigenvalue weighted by Crippen LogP contribution is 2.06. The third kappa shape index (κ3) is 7.42. The van der Waals surface area contributed by atoms with E-state index in [1.165, 1.54) is 6.92 Å². The number of carbonyl (C=O) groups is 3. The van der Waals surface area contributed by atoms with E-state index in [0.717, 1.165) is 0 Å². The van der Waals surface area contributed by atoms with Gasteiger partial charge in [0.1, 0.15) is 11.6 Å². The average Bonchev–Trinajstić information content (AvgIpc) is 2.22. The second-order valence-electron chi connectivity index (χ2n) is 4.54. The summed E-state index contributed by atoms with van der Waals surface area (Å²) in [6.45, 7) is 5.19. The summed E-state index contributed by atoms with van der Waals surface area (Å²) >= 11 is 0. The highest BCUT2D eigenvalue weighted by molar-refractivity contribution is 5.87. The van der Waals surface area contributed by atoms with Crippen molar-refractivity contribution in [1.29, 1.82) is 0 Å². The van der Waals surface area contributed by atoms with Crippen molar-refractivity contribution in [3.05, 3.63) is 0 Å². The summed E-state index contributed by atoms with van der Waals surface area (Å²) in [6.07, 6.45) is -0.762. The van der Waals surface area contributed by atoms with Crippen molar-refractivity contribution >= 4 is 17.9 Å². The lowest BCUT2D eigenvalue weighted by atomic mass is 10.2. The van der Waals surface area contributed by atoms with Gasteiger partial charge in [0, 0.05) is 0 Å². The van der Waals surface area contributed by atoms with E-state index in [4.69, 9.17) is 4.74 Å². The van der Waals surface area contributed by atoms with Crippen LogP contribution < -0.4 is 16.2 Å². The number of rotatable bonds is 3. The molecule has 3 N–H and O–H groups in total. The molecule has 0 spiro atoms. The number of hydrogen-bond acceptors (Lipinski definition) is 4. The molecule has 0 aromatic heterocycles. The van der Waals surface area contributed by atoms with Crippen molar-refractivity contribution in [1.82, 2.24) is 16.2 Å². The Kier molecular flexibility index (Phi) is 6.07. The molecular weight excluding hydrogens is 245 g/mol. The maximum absolute atomic E-state index is 11.8. The van der Waals surface area contributed by atoms with Crippen LogP contribution in [-0.2, 0) is 14.3 Å². The fraction of sp³-hybridized carbons (Fsp3) is 0.700. The van der Waals surface area contributed by atoms with Crippen LogP contribution in [0.25, 0.3) is 0 Å². The summed E-state index contributed by atoms with van der Waals surface area (Å²) in [5.41, 5.74) is 3.10. The molecule has 18 heavy (non-hydrogen) atoms. The van der Waals surface area contributed by atoms with Crippen molar-refractivity contribution < 1.29 is 23.5 Å². The van der Waals surface area contributed by atoms with E-state index < -0.39 is 36.2 Å². The van der Waals surface area contributed by atoms with E-state index in [1.807, 2.05) is 10.9 Å². The van der Waals surface area contributed by atoms with Gasteiger partial charge in [0.05, 0.1) is 0 Å². The van der Waals surface area contributed by atoms with Crippen LogP contribution in [0.15, 0.2) is 0 Å². The summed E-state index contributed by atoms with van der Waals surface area (Å²) in [5, 5.41) is 2.26. The molecule has 0 saturated heterocycles. The lowest BCUT2D eigenvalue weighted by Gasteiger charge is -2.21. The quantitative estimate of drug-likeness (QED) is 0.625. The van der Waals surface area contributed by atoms with Crippen LogP contribution in [-0.4, -0.2) is 36.2 Å². The predicted octanol–water partition coefficient (Wildman–Crippen LogP) is 0.0165. The molecule has 1 atom stereocenters. The maximum atomic E-state index is 11.8. The smallest absolute Gasteiger partial charge is 0.408 e. The van der Waals surface area contributed by atoms with Crippen LogP contribution in [0.5, 0.6) is 0 Å². The van der Waals surface area contributed by atoms with Gasteiger partial charge in [0.2, 0.25) is 0 Å². The highest BCUT2D eigenvalue weighted by atomic mass is 19.1. The Bertz CT molecular complexity index is 328. The first-order chi connectivity index (χ1) is 8.15. The number of alkyl carbamates (subject to hydrolysis) is 1.